The molecule has 0 heterocycles. The average molecular weight is 353 g/mol. The quantitative estimate of drug-likeness (QED) is 0.639. The van der Waals surface area contributed by atoms with E-state index in [2.05, 4.69) is 15.9 Å². The number of hydrogen-bond acceptors (Lipinski definition) is 3. The molecule has 0 aliphatic carbocycles. The van der Waals surface area contributed by atoms with Gasteiger partial charge in [0.1, 0.15) is 29.8 Å². The van der Waals surface area contributed by atoms with Crippen LogP contribution in [-0.4, -0.2) is 12.9 Å². The van der Waals surface area contributed by atoms with Crippen molar-refractivity contribution >= 4 is 21.8 Å². The second-order valence-corrected chi connectivity index (χ2v) is 5.17. The lowest BCUT2D eigenvalue weighted by Gasteiger charge is -2.11. The third-order valence-electron chi connectivity index (χ3n) is 2.85. The third kappa shape index (κ3) is 3.72. The fourth-order valence-electron chi connectivity index (χ4n) is 1.78. The number of ether oxygens (including phenoxy) is 2. The van der Waals surface area contributed by atoms with Crippen LogP contribution in [0.15, 0.2) is 40.9 Å². The Bertz CT molecular complexity index is 677. The Morgan fingerprint density at radius 2 is 2.05 bits per heavy atom. The highest BCUT2D eigenvalue weighted by atomic mass is 79.9. The maximum absolute atomic E-state index is 13.1. The molecule has 6 heteroatoms. The Kier molecular flexibility index (Phi) is 4.80. The maximum Gasteiger partial charge on any atom is 0.137 e. The predicted molar refractivity (Wildman–Crippen MR) is 82.4 cm³/mol. The predicted octanol–water partition coefficient (Wildman–Crippen LogP) is 3.46. The molecule has 0 atom stereocenters. The molecular formula is C15H14BrFN2O2. The van der Waals surface area contributed by atoms with E-state index in [1.807, 2.05) is 0 Å². The summed E-state index contributed by atoms with van der Waals surface area (Å²) in [5, 5.41) is 7.46. The van der Waals surface area contributed by atoms with E-state index in [0.29, 0.717) is 28.1 Å². The zero-order chi connectivity index (χ0) is 15.4. The molecule has 0 saturated heterocycles. The zero-order valence-corrected chi connectivity index (χ0v) is 12.9. The van der Waals surface area contributed by atoms with Gasteiger partial charge in [0.25, 0.3) is 0 Å². The van der Waals surface area contributed by atoms with Crippen molar-refractivity contribution in [3.05, 3.63) is 57.8 Å². The molecular weight excluding hydrogens is 339 g/mol. The Balaban J connectivity index is 2.13. The van der Waals surface area contributed by atoms with E-state index in [1.165, 1.54) is 13.2 Å². The summed E-state index contributed by atoms with van der Waals surface area (Å²) in [6, 6.07) is 9.73. The molecule has 3 N–H and O–H groups in total. The first-order chi connectivity index (χ1) is 10.0. The van der Waals surface area contributed by atoms with E-state index in [9.17, 15) is 4.39 Å². The zero-order valence-electron chi connectivity index (χ0n) is 11.3. The highest BCUT2D eigenvalue weighted by Gasteiger charge is 2.08. The van der Waals surface area contributed by atoms with Crippen LogP contribution in [0, 0.1) is 11.2 Å². The summed E-state index contributed by atoms with van der Waals surface area (Å²) < 4.78 is 24.3. The Morgan fingerprint density at radius 3 is 2.67 bits per heavy atom. The Morgan fingerprint density at radius 1 is 1.29 bits per heavy atom. The highest BCUT2D eigenvalue weighted by Crippen LogP contribution is 2.24. The molecule has 4 nitrogen and oxygen atoms in total. The van der Waals surface area contributed by atoms with Gasteiger partial charge in [0.2, 0.25) is 0 Å². The fraction of sp³-hybridized carbons (Fsp3) is 0.133. The van der Waals surface area contributed by atoms with E-state index < -0.39 is 0 Å². The molecule has 0 bridgehead atoms. The largest absolute Gasteiger partial charge is 0.496 e. The molecule has 2 aromatic carbocycles. The summed E-state index contributed by atoms with van der Waals surface area (Å²) >= 11 is 3.11. The van der Waals surface area contributed by atoms with Crippen LogP contribution in [0.2, 0.25) is 0 Å². The molecule has 0 unspecified atom stereocenters. The number of benzene rings is 2. The van der Waals surface area contributed by atoms with E-state index >= 15 is 0 Å². The van der Waals surface area contributed by atoms with Gasteiger partial charge < -0.3 is 15.2 Å². The molecule has 0 amide bonds. The van der Waals surface area contributed by atoms with Gasteiger partial charge in [-0.15, -0.1) is 0 Å². The number of halogens is 2. The van der Waals surface area contributed by atoms with E-state index in [-0.39, 0.29) is 11.7 Å². The smallest absolute Gasteiger partial charge is 0.137 e. The normalized spacial score (nSPS) is 10.2. The topological polar surface area (TPSA) is 68.3 Å². The lowest BCUT2D eigenvalue weighted by Crippen LogP contribution is -2.12. The van der Waals surface area contributed by atoms with Crippen molar-refractivity contribution < 1.29 is 13.9 Å². The molecule has 0 fully saturated rings. The van der Waals surface area contributed by atoms with Gasteiger partial charge in [-0.2, -0.15) is 0 Å². The minimum Gasteiger partial charge on any atom is -0.496 e. The van der Waals surface area contributed by atoms with Gasteiger partial charge in [-0.1, -0.05) is 6.07 Å². The van der Waals surface area contributed by atoms with Gasteiger partial charge in [-0.3, -0.25) is 5.41 Å². The number of methoxy groups -OCH3 is 1. The monoisotopic (exact) mass is 352 g/mol. The van der Waals surface area contributed by atoms with Gasteiger partial charge in [0.05, 0.1) is 17.1 Å². The minimum atomic E-state index is -0.338. The molecule has 0 spiro atoms. The molecule has 2 rings (SSSR count). The SMILES string of the molecule is COc1cc(COc2ccc(F)c(Br)c2)ccc1C(=N)N. The third-order valence-corrected chi connectivity index (χ3v) is 3.46. The van der Waals surface area contributed by atoms with E-state index in [0.717, 1.165) is 5.56 Å². The number of nitrogens with one attached hydrogen (secondary N) is 1. The molecule has 2 aromatic rings. The second kappa shape index (κ2) is 6.58. The van der Waals surface area contributed by atoms with Crippen molar-refractivity contribution in [3.63, 3.8) is 0 Å². The van der Waals surface area contributed by atoms with Crippen LogP contribution in [0.1, 0.15) is 11.1 Å². The van der Waals surface area contributed by atoms with Gasteiger partial charge in [-0.05, 0) is 51.8 Å². The second-order valence-electron chi connectivity index (χ2n) is 4.31. The molecule has 0 aliphatic heterocycles. The first-order valence-corrected chi connectivity index (χ1v) is 6.89. The van der Waals surface area contributed by atoms with Crippen LogP contribution >= 0.6 is 15.9 Å². The van der Waals surface area contributed by atoms with Crippen molar-refractivity contribution in [2.75, 3.05) is 7.11 Å². The van der Waals surface area contributed by atoms with Crippen LogP contribution in [0.25, 0.3) is 0 Å². The molecule has 21 heavy (non-hydrogen) atoms. The maximum atomic E-state index is 13.1. The van der Waals surface area contributed by atoms with Gasteiger partial charge in [0.15, 0.2) is 0 Å². The summed E-state index contributed by atoms with van der Waals surface area (Å²) in [4.78, 5) is 0. The lowest BCUT2D eigenvalue weighted by atomic mass is 10.1. The number of nitrogens with two attached hydrogens (primary N) is 1. The fourth-order valence-corrected chi connectivity index (χ4v) is 2.14. The van der Waals surface area contributed by atoms with Crippen molar-refractivity contribution in [1.29, 1.82) is 5.41 Å². The Hall–Kier alpha value is -2.08. The minimum absolute atomic E-state index is 0.0539. The molecule has 110 valence electrons. The summed E-state index contributed by atoms with van der Waals surface area (Å²) in [5.74, 6) is 0.679. The summed E-state index contributed by atoms with van der Waals surface area (Å²) in [6.45, 7) is 0.298. The first-order valence-electron chi connectivity index (χ1n) is 6.10. The van der Waals surface area contributed by atoms with Crippen LogP contribution in [0.5, 0.6) is 11.5 Å². The number of rotatable bonds is 5. The Labute approximate surface area is 130 Å². The molecule has 0 saturated carbocycles. The van der Waals surface area contributed by atoms with Crippen LogP contribution in [0.3, 0.4) is 0 Å². The van der Waals surface area contributed by atoms with Crippen molar-refractivity contribution in [2.45, 2.75) is 6.61 Å². The number of hydrogen-bond donors (Lipinski definition) is 2. The molecule has 0 aromatic heterocycles. The van der Waals surface area contributed by atoms with Gasteiger partial charge >= 0.3 is 0 Å². The van der Waals surface area contributed by atoms with Crippen LogP contribution in [-0.2, 0) is 6.61 Å². The standard InChI is InChI=1S/C15H14BrFN2O2/c1-20-14-6-9(2-4-11(14)15(18)19)8-21-10-3-5-13(17)12(16)7-10/h2-7H,8H2,1H3,(H3,18,19). The lowest BCUT2D eigenvalue weighted by molar-refractivity contribution is 0.304. The molecule has 0 radical (unpaired) electrons. The molecule has 0 aliphatic rings. The van der Waals surface area contributed by atoms with Gasteiger partial charge in [-0.25, -0.2) is 4.39 Å². The van der Waals surface area contributed by atoms with Crippen LogP contribution < -0.4 is 15.2 Å². The van der Waals surface area contributed by atoms with Crippen LogP contribution in [0.4, 0.5) is 4.39 Å². The average Bonchev–Trinajstić information content (AvgIpc) is 2.48. The van der Waals surface area contributed by atoms with Crippen molar-refractivity contribution in [2.24, 2.45) is 5.73 Å². The van der Waals surface area contributed by atoms with E-state index in [1.54, 1.807) is 30.3 Å². The van der Waals surface area contributed by atoms with Gasteiger partial charge in [0, 0.05) is 0 Å². The van der Waals surface area contributed by atoms with E-state index in [4.69, 9.17) is 20.6 Å². The summed E-state index contributed by atoms with van der Waals surface area (Å²) in [5.41, 5.74) is 6.86. The highest BCUT2D eigenvalue weighted by molar-refractivity contribution is 9.10. The number of nitrogen functional groups attached to an aromatic ring is 1. The van der Waals surface area contributed by atoms with Crippen molar-refractivity contribution in [1.82, 2.24) is 0 Å². The summed E-state index contributed by atoms with van der Waals surface area (Å²) in [6.07, 6.45) is 0. The first kappa shape index (κ1) is 15.3. The van der Waals surface area contributed by atoms with Crippen molar-refractivity contribution in [3.8, 4) is 11.5 Å². The summed E-state index contributed by atoms with van der Waals surface area (Å²) in [7, 11) is 1.52. The number of amidine groups is 1.